The monoisotopic (exact) mass is 515 g/mol. The van der Waals surface area contributed by atoms with Crippen LogP contribution in [0.25, 0.3) is 0 Å². The Balaban J connectivity index is 0.00000364. The van der Waals surface area contributed by atoms with E-state index in [1.807, 2.05) is 11.8 Å². The predicted molar refractivity (Wildman–Crippen MR) is 118 cm³/mol. The minimum absolute atomic E-state index is 0. The van der Waals surface area contributed by atoms with E-state index in [1.54, 1.807) is 7.05 Å². The maximum atomic E-state index is 13.5. The predicted octanol–water partition coefficient (Wildman–Crippen LogP) is 3.43. The van der Waals surface area contributed by atoms with Crippen molar-refractivity contribution in [3.8, 4) is 5.75 Å². The number of hydrogen-bond donors (Lipinski definition) is 2. The quantitative estimate of drug-likeness (QED) is 0.241. The first-order valence-corrected chi connectivity index (χ1v) is 9.81. The van der Waals surface area contributed by atoms with E-state index >= 15 is 0 Å². The first kappa shape index (κ1) is 24.2. The van der Waals surface area contributed by atoms with Gasteiger partial charge >= 0.3 is 0 Å². The van der Waals surface area contributed by atoms with Gasteiger partial charge in [0.1, 0.15) is 12.4 Å². The molecule has 0 bridgehead atoms. The number of benzene rings is 1. The van der Waals surface area contributed by atoms with Gasteiger partial charge in [0.2, 0.25) is 0 Å². The normalized spacial score (nSPS) is 16.4. The molecule has 1 fully saturated rings. The Morgan fingerprint density at radius 2 is 2.04 bits per heavy atom. The summed E-state index contributed by atoms with van der Waals surface area (Å²) in [4.78, 5) is 4.21. The van der Waals surface area contributed by atoms with Crippen LogP contribution >= 0.6 is 35.7 Å². The molecular formula is C18H28F2IN3O2S. The summed E-state index contributed by atoms with van der Waals surface area (Å²) in [5.74, 6) is 0.452. The Morgan fingerprint density at radius 1 is 1.30 bits per heavy atom. The second-order valence-electron chi connectivity index (χ2n) is 6.00. The van der Waals surface area contributed by atoms with Gasteiger partial charge < -0.3 is 20.1 Å². The van der Waals surface area contributed by atoms with Crippen LogP contribution in [-0.4, -0.2) is 56.4 Å². The number of aliphatic imine (C=N–C) groups is 1. The number of ether oxygens (including phenoxy) is 2. The zero-order valence-electron chi connectivity index (χ0n) is 15.7. The second-order valence-corrected chi connectivity index (χ2v) is 7.74. The van der Waals surface area contributed by atoms with Crippen LogP contribution in [0, 0.1) is 11.6 Å². The third-order valence-corrected chi connectivity index (χ3v) is 5.66. The number of halogens is 3. The molecule has 0 aliphatic carbocycles. The van der Waals surface area contributed by atoms with Crippen molar-refractivity contribution in [3.05, 3.63) is 29.8 Å². The molecule has 1 aromatic carbocycles. The SMILES string of the molecule is CCSC1(CNC(=NC)NCCOc2ccc(F)cc2F)CCOCC1.I. The molecule has 0 aromatic heterocycles. The molecule has 0 atom stereocenters. The van der Waals surface area contributed by atoms with Gasteiger partial charge in [-0.15, -0.1) is 24.0 Å². The van der Waals surface area contributed by atoms with Gasteiger partial charge in [-0.05, 0) is 30.7 Å². The molecule has 5 nitrogen and oxygen atoms in total. The summed E-state index contributed by atoms with van der Waals surface area (Å²) in [6, 6.07) is 3.27. The third-order valence-electron chi connectivity index (χ3n) is 4.20. The molecule has 1 aliphatic rings. The fourth-order valence-corrected chi connectivity index (χ4v) is 4.05. The maximum Gasteiger partial charge on any atom is 0.191 e. The fourth-order valence-electron chi connectivity index (χ4n) is 2.81. The summed E-state index contributed by atoms with van der Waals surface area (Å²) in [6.07, 6.45) is 2.03. The minimum Gasteiger partial charge on any atom is -0.489 e. The van der Waals surface area contributed by atoms with Gasteiger partial charge in [0, 0.05) is 37.6 Å². The molecule has 1 aliphatic heterocycles. The van der Waals surface area contributed by atoms with Crippen molar-refractivity contribution in [2.45, 2.75) is 24.5 Å². The van der Waals surface area contributed by atoms with E-state index in [4.69, 9.17) is 9.47 Å². The molecule has 2 N–H and O–H groups in total. The molecule has 1 aromatic rings. The smallest absolute Gasteiger partial charge is 0.191 e. The van der Waals surface area contributed by atoms with Crippen molar-refractivity contribution in [3.63, 3.8) is 0 Å². The number of guanidine groups is 1. The highest BCUT2D eigenvalue weighted by Crippen LogP contribution is 2.34. The summed E-state index contributed by atoms with van der Waals surface area (Å²) in [7, 11) is 1.71. The summed E-state index contributed by atoms with van der Waals surface area (Å²) in [5, 5.41) is 6.51. The number of rotatable bonds is 8. The second kappa shape index (κ2) is 12.6. The summed E-state index contributed by atoms with van der Waals surface area (Å²) >= 11 is 1.96. The van der Waals surface area contributed by atoms with Crippen LogP contribution in [0.2, 0.25) is 0 Å². The average Bonchev–Trinajstić information content (AvgIpc) is 2.63. The summed E-state index contributed by atoms with van der Waals surface area (Å²) < 4.78 is 37.4. The molecule has 0 saturated carbocycles. The zero-order chi connectivity index (χ0) is 18.8. The van der Waals surface area contributed by atoms with E-state index in [0.29, 0.717) is 12.5 Å². The van der Waals surface area contributed by atoms with Gasteiger partial charge in [-0.1, -0.05) is 6.92 Å². The first-order valence-electron chi connectivity index (χ1n) is 8.82. The summed E-state index contributed by atoms with van der Waals surface area (Å²) in [6.45, 7) is 5.25. The lowest BCUT2D eigenvalue weighted by Gasteiger charge is -2.37. The van der Waals surface area contributed by atoms with Crippen molar-refractivity contribution in [1.29, 1.82) is 0 Å². The number of hydrogen-bond acceptors (Lipinski definition) is 4. The van der Waals surface area contributed by atoms with Gasteiger partial charge in [0.15, 0.2) is 17.5 Å². The Labute approximate surface area is 181 Å². The van der Waals surface area contributed by atoms with Gasteiger partial charge in [-0.2, -0.15) is 11.8 Å². The molecule has 1 heterocycles. The molecule has 154 valence electrons. The van der Waals surface area contributed by atoms with Crippen molar-refractivity contribution in [1.82, 2.24) is 10.6 Å². The molecule has 1 saturated heterocycles. The van der Waals surface area contributed by atoms with E-state index in [9.17, 15) is 8.78 Å². The molecular weight excluding hydrogens is 487 g/mol. The number of nitrogens with one attached hydrogen (secondary N) is 2. The standard InChI is InChI=1S/C18H27F2N3O2S.HI/c1-3-26-18(6-9-24-10-7-18)13-23-17(21-2)22-8-11-25-16-5-4-14(19)12-15(16)20;/h4-5,12H,3,6-11,13H2,1-2H3,(H2,21,22,23);1H. The van der Waals surface area contributed by atoms with Crippen LogP contribution in [-0.2, 0) is 4.74 Å². The molecule has 9 heteroatoms. The fraction of sp³-hybridized carbons (Fsp3) is 0.611. The average molecular weight is 515 g/mol. The third kappa shape index (κ3) is 7.98. The van der Waals surface area contributed by atoms with E-state index in [0.717, 1.165) is 44.4 Å². The highest BCUT2D eigenvalue weighted by atomic mass is 127. The molecule has 0 unspecified atom stereocenters. The lowest BCUT2D eigenvalue weighted by molar-refractivity contribution is 0.0782. The molecule has 0 amide bonds. The van der Waals surface area contributed by atoms with Crippen molar-refractivity contribution < 1.29 is 18.3 Å². The molecule has 2 rings (SSSR count). The van der Waals surface area contributed by atoms with E-state index < -0.39 is 11.6 Å². The van der Waals surface area contributed by atoms with Gasteiger partial charge in [-0.25, -0.2) is 8.78 Å². The Bertz CT molecular complexity index is 596. The molecule has 0 spiro atoms. The molecule has 27 heavy (non-hydrogen) atoms. The Hall–Kier alpha value is -0.810. The topological polar surface area (TPSA) is 54.9 Å². The number of nitrogens with zero attached hydrogens (tertiary/aromatic N) is 1. The highest BCUT2D eigenvalue weighted by molar-refractivity contribution is 14.0. The Kier molecular flexibility index (Phi) is 11.3. The van der Waals surface area contributed by atoms with Crippen molar-refractivity contribution in [2.75, 3.05) is 45.7 Å². The van der Waals surface area contributed by atoms with Crippen LogP contribution in [0.15, 0.2) is 23.2 Å². The van der Waals surface area contributed by atoms with Crippen LogP contribution < -0.4 is 15.4 Å². The van der Waals surface area contributed by atoms with E-state index in [-0.39, 0.29) is 41.1 Å². The summed E-state index contributed by atoms with van der Waals surface area (Å²) in [5.41, 5.74) is 0. The Morgan fingerprint density at radius 3 is 2.67 bits per heavy atom. The van der Waals surface area contributed by atoms with E-state index in [2.05, 4.69) is 22.5 Å². The van der Waals surface area contributed by atoms with Crippen molar-refractivity contribution in [2.24, 2.45) is 4.99 Å². The first-order chi connectivity index (χ1) is 12.6. The van der Waals surface area contributed by atoms with Gasteiger partial charge in [0.25, 0.3) is 0 Å². The van der Waals surface area contributed by atoms with Crippen LogP contribution in [0.3, 0.4) is 0 Å². The van der Waals surface area contributed by atoms with E-state index in [1.165, 1.54) is 12.1 Å². The van der Waals surface area contributed by atoms with Crippen LogP contribution in [0.5, 0.6) is 5.75 Å². The van der Waals surface area contributed by atoms with Crippen molar-refractivity contribution >= 4 is 41.7 Å². The van der Waals surface area contributed by atoms with Crippen LogP contribution in [0.1, 0.15) is 19.8 Å². The van der Waals surface area contributed by atoms with Crippen LogP contribution in [0.4, 0.5) is 8.78 Å². The highest BCUT2D eigenvalue weighted by Gasteiger charge is 2.32. The van der Waals surface area contributed by atoms with Gasteiger partial charge in [0.05, 0.1) is 6.54 Å². The largest absolute Gasteiger partial charge is 0.489 e. The molecule has 0 radical (unpaired) electrons. The zero-order valence-corrected chi connectivity index (χ0v) is 18.9. The minimum atomic E-state index is -0.703. The van der Waals surface area contributed by atoms with Gasteiger partial charge in [-0.3, -0.25) is 4.99 Å². The lowest BCUT2D eigenvalue weighted by atomic mass is 9.99. The maximum absolute atomic E-state index is 13.5. The number of thioether (sulfide) groups is 1. The lowest BCUT2D eigenvalue weighted by Crippen LogP contribution is -2.48.